The van der Waals surface area contributed by atoms with Gasteiger partial charge in [0.05, 0.1) is 0 Å². The highest BCUT2D eigenvalue weighted by molar-refractivity contribution is 5.99. The number of aliphatic imine (C=N–C) groups is 1. The molecule has 2 heteroatoms. The fraction of sp³-hybridized carbons (Fsp3) is 0.133. The van der Waals surface area contributed by atoms with E-state index in [1.54, 1.807) is 13.1 Å². The lowest BCUT2D eigenvalue weighted by molar-refractivity contribution is 0.650. The highest BCUT2D eigenvalue weighted by atomic mass is 15.2. The number of benzene rings is 1. The molecule has 0 aliphatic rings. The molecule has 0 aliphatic heterocycles. The molecule has 0 bridgehead atoms. The zero-order valence-electron chi connectivity index (χ0n) is 10.4. The van der Waals surface area contributed by atoms with Crippen molar-refractivity contribution in [3.05, 3.63) is 73.0 Å². The summed E-state index contributed by atoms with van der Waals surface area (Å²) < 4.78 is 0. The average Bonchev–Trinajstić information content (AvgIpc) is 2.38. The van der Waals surface area contributed by atoms with Gasteiger partial charge in [0.1, 0.15) is 5.84 Å². The molecule has 0 atom stereocenters. The van der Waals surface area contributed by atoms with E-state index in [1.165, 1.54) is 0 Å². The summed E-state index contributed by atoms with van der Waals surface area (Å²) in [6, 6.07) is 10.0. The third-order valence-electron chi connectivity index (χ3n) is 2.42. The minimum absolute atomic E-state index is 0.870. The first-order valence-corrected chi connectivity index (χ1v) is 5.44. The number of hydrogen-bond donors (Lipinski definition) is 0. The summed E-state index contributed by atoms with van der Waals surface area (Å²) in [5.41, 5.74) is 1.94. The van der Waals surface area contributed by atoms with Gasteiger partial charge in [-0.15, -0.1) is 0 Å². The van der Waals surface area contributed by atoms with Crippen molar-refractivity contribution in [1.82, 2.24) is 4.90 Å². The molecular weight excluding hydrogens is 208 g/mol. The monoisotopic (exact) mass is 226 g/mol. The zero-order chi connectivity index (χ0) is 12.7. The van der Waals surface area contributed by atoms with Gasteiger partial charge in [-0.25, -0.2) is 0 Å². The van der Waals surface area contributed by atoms with Gasteiger partial charge in [0.2, 0.25) is 0 Å². The van der Waals surface area contributed by atoms with E-state index in [-0.39, 0.29) is 0 Å². The van der Waals surface area contributed by atoms with Crippen molar-refractivity contribution in [2.45, 2.75) is 0 Å². The molecule has 0 amide bonds. The normalized spacial score (nSPS) is 11.5. The predicted octanol–water partition coefficient (Wildman–Crippen LogP) is 3.25. The van der Waals surface area contributed by atoms with Gasteiger partial charge in [-0.3, -0.25) is 4.99 Å². The second-order valence-corrected chi connectivity index (χ2v) is 3.56. The molecule has 0 heterocycles. The third-order valence-corrected chi connectivity index (χ3v) is 2.42. The standard InChI is InChI=1S/C15H18N2/c1-5-6-10-13(2)17(4)15(16-3)14-11-8-7-9-12-14/h5-12H,1-2H2,3-4H3. The summed E-state index contributed by atoms with van der Waals surface area (Å²) in [5, 5.41) is 0. The summed E-state index contributed by atoms with van der Waals surface area (Å²) >= 11 is 0. The van der Waals surface area contributed by atoms with Gasteiger partial charge >= 0.3 is 0 Å². The van der Waals surface area contributed by atoms with Gasteiger partial charge in [-0.2, -0.15) is 0 Å². The van der Waals surface area contributed by atoms with E-state index in [9.17, 15) is 0 Å². The van der Waals surface area contributed by atoms with Gasteiger partial charge in [-0.1, -0.05) is 55.6 Å². The van der Waals surface area contributed by atoms with E-state index in [2.05, 4.69) is 18.2 Å². The number of rotatable bonds is 4. The molecule has 0 fully saturated rings. The minimum Gasteiger partial charge on any atom is -0.330 e. The molecule has 0 radical (unpaired) electrons. The van der Waals surface area contributed by atoms with Gasteiger partial charge in [0.15, 0.2) is 0 Å². The van der Waals surface area contributed by atoms with Crippen molar-refractivity contribution in [3.8, 4) is 0 Å². The van der Waals surface area contributed by atoms with Crippen LogP contribution in [0, 0.1) is 0 Å². The van der Waals surface area contributed by atoms with Crippen molar-refractivity contribution in [1.29, 1.82) is 0 Å². The van der Waals surface area contributed by atoms with Gasteiger partial charge in [-0.05, 0) is 6.08 Å². The Morgan fingerprint density at radius 3 is 2.47 bits per heavy atom. The van der Waals surface area contributed by atoms with Crippen LogP contribution in [0.1, 0.15) is 5.56 Å². The van der Waals surface area contributed by atoms with E-state index >= 15 is 0 Å². The quantitative estimate of drug-likeness (QED) is 0.437. The maximum absolute atomic E-state index is 4.31. The second kappa shape index (κ2) is 6.48. The molecule has 2 nitrogen and oxygen atoms in total. The van der Waals surface area contributed by atoms with Crippen LogP contribution in [0.15, 0.2) is 72.4 Å². The number of allylic oxidation sites excluding steroid dienone is 3. The Morgan fingerprint density at radius 2 is 1.94 bits per heavy atom. The van der Waals surface area contributed by atoms with E-state index < -0.39 is 0 Å². The van der Waals surface area contributed by atoms with E-state index in [0.29, 0.717) is 0 Å². The van der Waals surface area contributed by atoms with Crippen LogP contribution < -0.4 is 0 Å². The van der Waals surface area contributed by atoms with Crippen molar-refractivity contribution >= 4 is 5.84 Å². The summed E-state index contributed by atoms with van der Waals surface area (Å²) in [4.78, 5) is 6.26. The number of likely N-dealkylation sites (N-methyl/N-ethyl adjacent to an activating group) is 1. The van der Waals surface area contributed by atoms with Gasteiger partial charge in [0, 0.05) is 25.4 Å². The van der Waals surface area contributed by atoms with Crippen molar-refractivity contribution < 1.29 is 0 Å². The Morgan fingerprint density at radius 1 is 1.29 bits per heavy atom. The molecule has 1 aromatic rings. The number of amidine groups is 1. The Labute approximate surface area is 103 Å². The smallest absolute Gasteiger partial charge is 0.134 e. The molecular formula is C15H18N2. The lowest BCUT2D eigenvalue weighted by atomic mass is 10.2. The number of nitrogens with zero attached hydrogens (tertiary/aromatic N) is 2. The van der Waals surface area contributed by atoms with Crippen LogP contribution in [0.5, 0.6) is 0 Å². The summed E-state index contributed by atoms with van der Waals surface area (Å²) in [5.74, 6) is 0.893. The minimum atomic E-state index is 0.870. The molecule has 17 heavy (non-hydrogen) atoms. The first-order valence-electron chi connectivity index (χ1n) is 5.44. The van der Waals surface area contributed by atoms with Crippen molar-refractivity contribution in [3.63, 3.8) is 0 Å². The van der Waals surface area contributed by atoms with Crippen LogP contribution >= 0.6 is 0 Å². The first kappa shape index (κ1) is 13.0. The lowest BCUT2D eigenvalue weighted by Crippen LogP contribution is -2.25. The van der Waals surface area contributed by atoms with Crippen LogP contribution in [0.2, 0.25) is 0 Å². The largest absolute Gasteiger partial charge is 0.330 e. The van der Waals surface area contributed by atoms with Crippen molar-refractivity contribution in [2.75, 3.05) is 14.1 Å². The molecule has 0 spiro atoms. The van der Waals surface area contributed by atoms with Crippen molar-refractivity contribution in [2.24, 2.45) is 4.99 Å². The van der Waals surface area contributed by atoms with Crippen LogP contribution in [-0.4, -0.2) is 24.8 Å². The van der Waals surface area contributed by atoms with E-state index in [1.807, 2.05) is 54.4 Å². The lowest BCUT2D eigenvalue weighted by Gasteiger charge is -2.21. The molecule has 0 saturated heterocycles. The average molecular weight is 226 g/mol. The first-order chi connectivity index (χ1) is 8.20. The van der Waals surface area contributed by atoms with Crippen LogP contribution in [0.3, 0.4) is 0 Å². The summed E-state index contributed by atoms with van der Waals surface area (Å²) in [6.45, 7) is 7.64. The molecule has 0 N–H and O–H groups in total. The summed E-state index contributed by atoms with van der Waals surface area (Å²) in [6.07, 6.45) is 5.49. The van der Waals surface area contributed by atoms with Gasteiger partial charge in [0.25, 0.3) is 0 Å². The Hall–Kier alpha value is -2.09. The zero-order valence-corrected chi connectivity index (χ0v) is 10.4. The van der Waals surface area contributed by atoms with Crippen LogP contribution in [-0.2, 0) is 0 Å². The highest BCUT2D eigenvalue weighted by Crippen LogP contribution is 2.09. The predicted molar refractivity (Wildman–Crippen MR) is 75.1 cm³/mol. The molecule has 1 aromatic carbocycles. The summed E-state index contributed by atoms with van der Waals surface area (Å²) in [7, 11) is 3.73. The Bertz CT molecular complexity index is 441. The molecule has 0 aromatic heterocycles. The fourth-order valence-electron chi connectivity index (χ4n) is 1.49. The molecule has 0 aliphatic carbocycles. The SMILES string of the molecule is C=CC=CC(=C)N(C)C(=NC)c1ccccc1. The highest BCUT2D eigenvalue weighted by Gasteiger charge is 2.09. The Kier molecular flexibility index (Phi) is 4.95. The molecule has 1 rings (SSSR count). The van der Waals surface area contributed by atoms with Crippen LogP contribution in [0.25, 0.3) is 0 Å². The third kappa shape index (κ3) is 3.45. The van der Waals surface area contributed by atoms with Gasteiger partial charge < -0.3 is 4.90 Å². The van der Waals surface area contributed by atoms with E-state index in [0.717, 1.165) is 17.1 Å². The molecule has 88 valence electrons. The topological polar surface area (TPSA) is 15.6 Å². The second-order valence-electron chi connectivity index (χ2n) is 3.56. The fourth-order valence-corrected chi connectivity index (χ4v) is 1.49. The van der Waals surface area contributed by atoms with Crippen LogP contribution in [0.4, 0.5) is 0 Å². The van der Waals surface area contributed by atoms with E-state index in [4.69, 9.17) is 0 Å². The molecule has 0 saturated carbocycles. The maximum Gasteiger partial charge on any atom is 0.134 e. The number of hydrogen-bond acceptors (Lipinski definition) is 1. The Balaban J connectivity index is 2.93. The maximum atomic E-state index is 4.31. The molecule has 0 unspecified atom stereocenters.